The van der Waals surface area contributed by atoms with Gasteiger partial charge >= 0.3 is 6.01 Å². The van der Waals surface area contributed by atoms with Crippen LogP contribution in [0.5, 0.6) is 0 Å². The summed E-state index contributed by atoms with van der Waals surface area (Å²) in [6.07, 6.45) is 0.615. The molecule has 3 rings (SSSR count). The van der Waals surface area contributed by atoms with Crippen LogP contribution in [0.4, 0.5) is 6.01 Å². The highest BCUT2D eigenvalue weighted by Gasteiger charge is 2.15. The molecule has 0 bridgehead atoms. The van der Waals surface area contributed by atoms with E-state index in [0.29, 0.717) is 18.0 Å². The highest BCUT2D eigenvalue weighted by Crippen LogP contribution is 2.18. The minimum Gasteiger partial charge on any atom is -0.408 e. The minimum atomic E-state index is -0.473. The van der Waals surface area contributed by atoms with Crippen molar-refractivity contribution in [1.29, 1.82) is 0 Å². The highest BCUT2D eigenvalue weighted by molar-refractivity contribution is 7.99. The molecule has 0 saturated heterocycles. The molecule has 0 unspecified atom stereocenters. The first-order valence-electron chi connectivity index (χ1n) is 6.95. The molecule has 0 fully saturated rings. The molecular formula is C15H14N4O3S. The molecule has 118 valence electrons. The Labute approximate surface area is 136 Å². The van der Waals surface area contributed by atoms with Crippen molar-refractivity contribution < 1.29 is 13.7 Å². The molecule has 0 aliphatic heterocycles. The molecular weight excluding hydrogens is 316 g/mol. The zero-order chi connectivity index (χ0) is 16.1. The minimum absolute atomic E-state index is 0.0452. The highest BCUT2D eigenvalue weighted by atomic mass is 32.2. The molecule has 23 heavy (non-hydrogen) atoms. The number of hydrogen-bond donors (Lipinski definition) is 1. The van der Waals surface area contributed by atoms with Gasteiger partial charge in [0.1, 0.15) is 0 Å². The van der Waals surface area contributed by atoms with Gasteiger partial charge in [-0.05, 0) is 19.1 Å². The summed E-state index contributed by atoms with van der Waals surface area (Å²) in [4.78, 5) is 13.0. The monoisotopic (exact) mass is 330 g/mol. The van der Waals surface area contributed by atoms with Crippen molar-refractivity contribution in [3.8, 4) is 0 Å². The van der Waals surface area contributed by atoms with Gasteiger partial charge in [-0.25, -0.2) is 0 Å². The number of nitrogens with one attached hydrogen (secondary N) is 1. The van der Waals surface area contributed by atoms with Gasteiger partial charge in [0.05, 0.1) is 5.69 Å². The fraction of sp³-hybridized carbons (Fsp3) is 0.200. The summed E-state index contributed by atoms with van der Waals surface area (Å²) in [5.74, 6) is 0.903. The Morgan fingerprint density at radius 3 is 2.83 bits per heavy atom. The van der Waals surface area contributed by atoms with Gasteiger partial charge in [0, 0.05) is 23.1 Å². The van der Waals surface area contributed by atoms with Crippen molar-refractivity contribution >= 4 is 23.7 Å². The summed E-state index contributed by atoms with van der Waals surface area (Å²) in [7, 11) is 0. The summed E-state index contributed by atoms with van der Waals surface area (Å²) in [6.45, 7) is 1.73. The van der Waals surface area contributed by atoms with Crippen LogP contribution in [0.1, 0.15) is 22.1 Å². The molecule has 0 aliphatic rings. The normalized spacial score (nSPS) is 10.7. The van der Waals surface area contributed by atoms with Crippen molar-refractivity contribution in [2.24, 2.45) is 0 Å². The van der Waals surface area contributed by atoms with E-state index in [1.165, 1.54) is 11.0 Å². The first-order chi connectivity index (χ1) is 11.2. The van der Waals surface area contributed by atoms with Gasteiger partial charge in [0.25, 0.3) is 5.91 Å². The van der Waals surface area contributed by atoms with Crippen LogP contribution in [0.3, 0.4) is 0 Å². The van der Waals surface area contributed by atoms with Crippen LogP contribution in [0.25, 0.3) is 0 Å². The second-order valence-corrected chi connectivity index (χ2v) is 5.87. The molecule has 7 nitrogen and oxygen atoms in total. The van der Waals surface area contributed by atoms with Crippen molar-refractivity contribution in [3.05, 3.63) is 53.7 Å². The van der Waals surface area contributed by atoms with Gasteiger partial charge in [-0.1, -0.05) is 28.5 Å². The van der Waals surface area contributed by atoms with E-state index < -0.39 is 5.91 Å². The number of thioether (sulfide) groups is 1. The van der Waals surface area contributed by atoms with Crippen LogP contribution in [-0.4, -0.2) is 27.0 Å². The first-order valence-corrected chi connectivity index (χ1v) is 7.94. The van der Waals surface area contributed by atoms with Gasteiger partial charge < -0.3 is 8.94 Å². The van der Waals surface area contributed by atoms with Crippen LogP contribution in [0.15, 0.2) is 50.2 Å². The standard InChI is InChI=1S/C15H14N4O3S/c1-10-9-12(22-19-10)14(20)16-15-18-17-13(21-15)7-8-23-11-5-3-2-4-6-11/h2-6,9H,7-8H2,1H3,(H,16,18,20). The van der Waals surface area contributed by atoms with Gasteiger partial charge in [-0.3, -0.25) is 10.1 Å². The number of carbonyl (C=O) groups is 1. The molecule has 0 saturated carbocycles. The largest absolute Gasteiger partial charge is 0.408 e. The quantitative estimate of drug-likeness (QED) is 0.694. The van der Waals surface area contributed by atoms with E-state index in [2.05, 4.69) is 20.7 Å². The van der Waals surface area contributed by atoms with Crippen molar-refractivity contribution in [1.82, 2.24) is 15.4 Å². The number of amides is 1. The molecule has 1 aromatic carbocycles. The average Bonchev–Trinajstić information content (AvgIpc) is 3.18. The van der Waals surface area contributed by atoms with E-state index in [1.54, 1.807) is 18.7 Å². The number of benzene rings is 1. The summed E-state index contributed by atoms with van der Waals surface area (Å²) in [5.41, 5.74) is 0.624. The molecule has 2 heterocycles. The molecule has 2 aromatic heterocycles. The maximum Gasteiger partial charge on any atom is 0.322 e. The predicted octanol–water partition coefficient (Wildman–Crippen LogP) is 2.95. The fourth-order valence-corrected chi connectivity index (χ4v) is 2.67. The smallest absolute Gasteiger partial charge is 0.322 e. The lowest BCUT2D eigenvalue weighted by molar-refractivity contribution is 0.0985. The van der Waals surface area contributed by atoms with E-state index in [0.717, 1.165) is 5.75 Å². The van der Waals surface area contributed by atoms with E-state index in [-0.39, 0.29) is 11.8 Å². The zero-order valence-electron chi connectivity index (χ0n) is 12.4. The molecule has 1 N–H and O–H groups in total. The lowest BCUT2D eigenvalue weighted by Crippen LogP contribution is -2.11. The Kier molecular flexibility index (Phi) is 4.72. The maximum atomic E-state index is 11.9. The number of carbonyl (C=O) groups excluding carboxylic acids is 1. The Balaban J connectivity index is 1.51. The third kappa shape index (κ3) is 4.19. The second kappa shape index (κ2) is 7.10. The van der Waals surface area contributed by atoms with Crippen LogP contribution in [0, 0.1) is 6.92 Å². The molecule has 3 aromatic rings. The number of aryl methyl sites for hydroxylation is 2. The van der Waals surface area contributed by atoms with Crippen LogP contribution >= 0.6 is 11.8 Å². The van der Waals surface area contributed by atoms with E-state index in [9.17, 15) is 4.79 Å². The fourth-order valence-electron chi connectivity index (χ4n) is 1.81. The maximum absolute atomic E-state index is 11.9. The number of rotatable bonds is 6. The van der Waals surface area contributed by atoms with E-state index >= 15 is 0 Å². The van der Waals surface area contributed by atoms with E-state index in [4.69, 9.17) is 8.94 Å². The molecule has 0 atom stereocenters. The number of nitrogens with zero attached hydrogens (tertiary/aromatic N) is 3. The molecule has 0 aliphatic carbocycles. The summed E-state index contributed by atoms with van der Waals surface area (Å²) in [5, 5.41) is 13.8. The van der Waals surface area contributed by atoms with Crippen molar-refractivity contribution in [2.75, 3.05) is 11.1 Å². The summed E-state index contributed by atoms with van der Waals surface area (Å²) >= 11 is 1.70. The van der Waals surface area contributed by atoms with Crippen molar-refractivity contribution in [3.63, 3.8) is 0 Å². The third-order valence-electron chi connectivity index (χ3n) is 2.87. The second-order valence-electron chi connectivity index (χ2n) is 4.70. The topological polar surface area (TPSA) is 94.1 Å². The number of aromatic nitrogens is 3. The SMILES string of the molecule is Cc1cc(C(=O)Nc2nnc(CCSc3ccccc3)o2)on1. The Bertz CT molecular complexity index is 785. The molecule has 1 amide bonds. The Hall–Kier alpha value is -2.61. The third-order valence-corrected chi connectivity index (χ3v) is 3.88. The van der Waals surface area contributed by atoms with Crippen LogP contribution in [-0.2, 0) is 6.42 Å². The average molecular weight is 330 g/mol. The Morgan fingerprint density at radius 2 is 2.09 bits per heavy atom. The summed E-state index contributed by atoms with van der Waals surface area (Å²) < 4.78 is 10.3. The van der Waals surface area contributed by atoms with Gasteiger partial charge in [-0.15, -0.1) is 16.9 Å². The number of anilines is 1. The van der Waals surface area contributed by atoms with E-state index in [1.807, 2.05) is 30.3 Å². The van der Waals surface area contributed by atoms with Gasteiger partial charge in [-0.2, -0.15) is 0 Å². The zero-order valence-corrected chi connectivity index (χ0v) is 13.2. The van der Waals surface area contributed by atoms with Crippen molar-refractivity contribution in [2.45, 2.75) is 18.2 Å². The molecule has 0 radical (unpaired) electrons. The van der Waals surface area contributed by atoms with Gasteiger partial charge in [0.2, 0.25) is 11.7 Å². The van der Waals surface area contributed by atoms with Crippen LogP contribution in [0.2, 0.25) is 0 Å². The lowest BCUT2D eigenvalue weighted by Gasteiger charge is -1.98. The molecule has 0 spiro atoms. The Morgan fingerprint density at radius 1 is 1.26 bits per heavy atom. The first kappa shape index (κ1) is 15.3. The number of hydrogen-bond acceptors (Lipinski definition) is 7. The lowest BCUT2D eigenvalue weighted by atomic mass is 10.4. The predicted molar refractivity (Wildman–Crippen MR) is 84.4 cm³/mol. The molecule has 8 heteroatoms. The van der Waals surface area contributed by atoms with Crippen LogP contribution < -0.4 is 5.32 Å². The summed E-state index contributed by atoms with van der Waals surface area (Å²) in [6, 6.07) is 11.6. The van der Waals surface area contributed by atoms with Gasteiger partial charge in [0.15, 0.2) is 0 Å².